The summed E-state index contributed by atoms with van der Waals surface area (Å²) >= 11 is 0. The van der Waals surface area contributed by atoms with E-state index < -0.39 is 7.25 Å². The van der Waals surface area contributed by atoms with E-state index >= 15 is 0 Å². The van der Waals surface area contributed by atoms with Crippen molar-refractivity contribution in [3.05, 3.63) is 30.3 Å². The summed E-state index contributed by atoms with van der Waals surface area (Å²) in [5.74, 6) is 1.45. The molecule has 1 fully saturated rings. The van der Waals surface area contributed by atoms with Gasteiger partial charge in [-0.3, -0.25) is 0 Å². The normalized spacial score (nSPS) is 14.9. The van der Waals surface area contributed by atoms with Crippen LogP contribution in [0, 0.1) is 0 Å². The molecule has 0 nitrogen and oxygen atoms in total. The monoisotopic (exact) mass is 434 g/mol. The second-order valence-corrected chi connectivity index (χ2v) is 10.4. The molecular weight excluding hydrogens is 395 g/mol. The van der Waals surface area contributed by atoms with Crippen LogP contribution < -0.4 is 0 Å². The SMILES string of the molecule is CCCCCCCCCCCCCC[S+](c1ccccc1)C1CC1.F[B-](F)(F)F. The zero-order valence-electron chi connectivity index (χ0n) is 18.1. The first-order valence-corrected chi connectivity index (χ1v) is 13.0. The van der Waals surface area contributed by atoms with Gasteiger partial charge < -0.3 is 17.3 Å². The Kier molecular flexibility index (Phi) is 14.6. The molecule has 0 N–H and O–H groups in total. The minimum absolute atomic E-state index is 0.557. The number of benzene rings is 1. The summed E-state index contributed by atoms with van der Waals surface area (Å²) < 4.78 is 39.0. The van der Waals surface area contributed by atoms with Gasteiger partial charge in [0.2, 0.25) is 0 Å². The molecule has 0 aromatic heterocycles. The van der Waals surface area contributed by atoms with E-state index in [-0.39, 0.29) is 0 Å². The fourth-order valence-corrected chi connectivity index (χ4v) is 6.20. The maximum absolute atomic E-state index is 9.75. The Morgan fingerprint density at radius 2 is 1.14 bits per heavy atom. The zero-order chi connectivity index (χ0) is 21.4. The van der Waals surface area contributed by atoms with E-state index in [4.69, 9.17) is 0 Å². The molecule has 29 heavy (non-hydrogen) atoms. The van der Waals surface area contributed by atoms with Gasteiger partial charge in [-0.05, 0) is 25.0 Å². The van der Waals surface area contributed by atoms with Crippen molar-refractivity contribution in [3.8, 4) is 0 Å². The van der Waals surface area contributed by atoms with Gasteiger partial charge in [0, 0.05) is 23.7 Å². The minimum Gasteiger partial charge on any atom is -0.418 e. The Morgan fingerprint density at radius 3 is 1.55 bits per heavy atom. The molecule has 168 valence electrons. The molecule has 0 amide bonds. The average Bonchev–Trinajstić information content (AvgIpc) is 3.50. The van der Waals surface area contributed by atoms with E-state index in [0.29, 0.717) is 10.9 Å². The first-order chi connectivity index (χ1) is 13.9. The third-order valence-corrected chi connectivity index (χ3v) is 8.07. The Bertz CT molecular complexity index is 485. The second kappa shape index (κ2) is 16.1. The molecule has 0 heterocycles. The fourth-order valence-electron chi connectivity index (χ4n) is 3.52. The van der Waals surface area contributed by atoms with Crippen LogP contribution in [0.1, 0.15) is 96.8 Å². The maximum atomic E-state index is 9.75. The molecule has 1 saturated carbocycles. The highest BCUT2D eigenvalue weighted by atomic mass is 32.2. The van der Waals surface area contributed by atoms with Gasteiger partial charge in [0.15, 0.2) is 4.90 Å². The molecule has 0 spiro atoms. The smallest absolute Gasteiger partial charge is 0.418 e. The molecule has 1 unspecified atom stereocenters. The number of hydrogen-bond donors (Lipinski definition) is 0. The van der Waals surface area contributed by atoms with E-state index in [1.165, 1.54) is 95.6 Å². The van der Waals surface area contributed by atoms with E-state index in [1.54, 1.807) is 4.90 Å². The molecule has 0 saturated heterocycles. The van der Waals surface area contributed by atoms with Crippen molar-refractivity contribution >= 4 is 18.1 Å². The van der Waals surface area contributed by atoms with Gasteiger partial charge in [-0.25, -0.2) is 0 Å². The Labute approximate surface area is 178 Å². The van der Waals surface area contributed by atoms with Crippen LogP contribution >= 0.6 is 0 Å². The van der Waals surface area contributed by atoms with Crippen molar-refractivity contribution in [1.82, 2.24) is 0 Å². The summed E-state index contributed by atoms with van der Waals surface area (Å²) in [6.07, 6.45) is 20.4. The Morgan fingerprint density at radius 1 is 0.724 bits per heavy atom. The van der Waals surface area contributed by atoms with Crippen LogP contribution in [0.15, 0.2) is 35.2 Å². The van der Waals surface area contributed by atoms with Crippen molar-refractivity contribution in [2.75, 3.05) is 5.75 Å². The molecule has 6 heteroatoms. The molecule has 0 aliphatic heterocycles. The molecule has 0 radical (unpaired) electrons. The maximum Gasteiger partial charge on any atom is 0.673 e. The summed E-state index contributed by atoms with van der Waals surface area (Å²) in [6.45, 7) is 2.30. The molecule has 1 aliphatic carbocycles. The highest BCUT2D eigenvalue weighted by Crippen LogP contribution is 2.36. The molecule has 0 bridgehead atoms. The first-order valence-electron chi connectivity index (χ1n) is 11.5. The van der Waals surface area contributed by atoms with Crippen molar-refractivity contribution in [2.45, 2.75) is 107 Å². The zero-order valence-corrected chi connectivity index (χ0v) is 18.9. The third kappa shape index (κ3) is 16.8. The standard InChI is InChI=1S/C23H39S.BF4/c1-2-3-4-5-6-7-8-9-10-11-12-16-21-24(23-19-20-23)22-17-14-13-15-18-22;2-1(3,4)5/h13-15,17-18,23H,2-12,16,19-21H2,1H3;/q+1;-1. The predicted octanol–water partition coefficient (Wildman–Crippen LogP) is 8.83. The quantitative estimate of drug-likeness (QED) is 0.112. The van der Waals surface area contributed by atoms with Crippen LogP contribution in [-0.2, 0) is 10.9 Å². The van der Waals surface area contributed by atoms with Gasteiger partial charge in [0.25, 0.3) is 0 Å². The van der Waals surface area contributed by atoms with Crippen molar-refractivity contribution in [1.29, 1.82) is 0 Å². The average molecular weight is 434 g/mol. The molecule has 2 rings (SSSR count). The number of hydrogen-bond acceptors (Lipinski definition) is 0. The molecule has 1 aromatic rings. The van der Waals surface area contributed by atoms with Gasteiger partial charge in [-0.1, -0.05) is 89.3 Å². The van der Waals surface area contributed by atoms with Crippen molar-refractivity contribution in [3.63, 3.8) is 0 Å². The summed E-state index contributed by atoms with van der Waals surface area (Å²) in [4.78, 5) is 1.63. The highest BCUT2D eigenvalue weighted by Gasteiger charge is 2.41. The van der Waals surface area contributed by atoms with E-state index in [0.717, 1.165) is 5.25 Å². The van der Waals surface area contributed by atoms with E-state index in [1.807, 2.05) is 0 Å². The largest absolute Gasteiger partial charge is 0.673 e. The highest BCUT2D eigenvalue weighted by molar-refractivity contribution is 7.97. The van der Waals surface area contributed by atoms with Crippen LogP contribution in [0.2, 0.25) is 0 Å². The number of rotatable bonds is 15. The molecular formula is C23H39BF4S. The van der Waals surface area contributed by atoms with Gasteiger partial charge in [-0.2, -0.15) is 0 Å². The van der Waals surface area contributed by atoms with Crippen LogP contribution in [0.25, 0.3) is 0 Å². The number of unbranched alkanes of at least 4 members (excludes halogenated alkanes) is 11. The Hall–Kier alpha value is -0.645. The lowest BCUT2D eigenvalue weighted by Crippen LogP contribution is -2.13. The lowest BCUT2D eigenvalue weighted by Gasteiger charge is -2.07. The van der Waals surface area contributed by atoms with Crippen LogP contribution in [0.3, 0.4) is 0 Å². The minimum atomic E-state index is -6.00. The number of halogens is 4. The third-order valence-electron chi connectivity index (χ3n) is 5.19. The van der Waals surface area contributed by atoms with Crippen LogP contribution in [-0.4, -0.2) is 18.3 Å². The molecule has 1 aliphatic rings. The topological polar surface area (TPSA) is 0 Å². The second-order valence-electron chi connectivity index (χ2n) is 8.03. The summed E-state index contributed by atoms with van der Waals surface area (Å²) in [7, 11) is -5.44. The fraction of sp³-hybridized carbons (Fsp3) is 0.739. The van der Waals surface area contributed by atoms with E-state index in [2.05, 4.69) is 37.3 Å². The van der Waals surface area contributed by atoms with Gasteiger partial charge >= 0.3 is 7.25 Å². The lowest BCUT2D eigenvalue weighted by atomic mass is 10.1. The van der Waals surface area contributed by atoms with Crippen molar-refractivity contribution < 1.29 is 17.3 Å². The first kappa shape index (κ1) is 26.4. The summed E-state index contributed by atoms with van der Waals surface area (Å²) in [5, 5.41) is 1.03. The molecule has 1 atom stereocenters. The Balaban J connectivity index is 0.000000749. The summed E-state index contributed by atoms with van der Waals surface area (Å²) in [6, 6.07) is 11.3. The summed E-state index contributed by atoms with van der Waals surface area (Å²) in [5.41, 5.74) is 0. The molecule has 1 aromatic carbocycles. The predicted molar refractivity (Wildman–Crippen MR) is 121 cm³/mol. The van der Waals surface area contributed by atoms with Gasteiger partial charge in [0.1, 0.15) is 11.0 Å². The van der Waals surface area contributed by atoms with Crippen molar-refractivity contribution in [2.24, 2.45) is 0 Å². The van der Waals surface area contributed by atoms with E-state index in [9.17, 15) is 17.3 Å². The van der Waals surface area contributed by atoms with Crippen LogP contribution in [0.5, 0.6) is 0 Å². The van der Waals surface area contributed by atoms with Crippen LogP contribution in [0.4, 0.5) is 17.3 Å². The van der Waals surface area contributed by atoms with Gasteiger partial charge in [-0.15, -0.1) is 0 Å². The van der Waals surface area contributed by atoms with Gasteiger partial charge in [0.05, 0.1) is 0 Å². The lowest BCUT2D eigenvalue weighted by molar-refractivity contribution is 0.368.